The summed E-state index contributed by atoms with van der Waals surface area (Å²) in [5, 5.41) is 13.0. The molecule has 3 aromatic rings. The first-order chi connectivity index (χ1) is 15.2. The molecular formula is C24H30FN6+. The molecule has 5 rings (SSSR count). The van der Waals surface area contributed by atoms with Gasteiger partial charge in [-0.3, -0.25) is 0 Å². The molecule has 1 aromatic heterocycles. The number of aromatic nitrogens is 4. The highest BCUT2D eigenvalue weighted by molar-refractivity contribution is 5.47. The molecule has 1 aliphatic heterocycles. The predicted octanol–water partition coefficient (Wildman–Crippen LogP) is 2.73. The zero-order chi connectivity index (χ0) is 21.2. The van der Waals surface area contributed by atoms with Crippen LogP contribution >= 0.6 is 0 Å². The second-order valence-corrected chi connectivity index (χ2v) is 8.86. The summed E-state index contributed by atoms with van der Waals surface area (Å²) in [4.78, 5) is 3.59. The lowest BCUT2D eigenvalue weighted by atomic mass is 10.0. The average Bonchev–Trinajstić information content (AvgIpc) is 3.48. The second kappa shape index (κ2) is 8.75. The van der Waals surface area contributed by atoms with E-state index in [1.54, 1.807) is 12.1 Å². The molecule has 1 atom stereocenters. The standard InChI is InChI=1S/C24H29FN6/c1-18-10-12-19(13-11-18)23(24-26-27-28-31(24)20-6-2-3-7-20)30-16-14-29(15-17-30)22-9-5-4-8-21(22)25/h4-5,8-13,20,23H,2-3,6-7,14-17H2,1H3/p+1/t23-/m0/s1. The number of hydrogen-bond acceptors (Lipinski definition) is 4. The number of hydrogen-bond donors (Lipinski definition) is 1. The van der Waals surface area contributed by atoms with Crippen molar-refractivity contribution in [3.8, 4) is 0 Å². The molecule has 0 unspecified atom stereocenters. The molecule has 0 radical (unpaired) electrons. The summed E-state index contributed by atoms with van der Waals surface area (Å²) in [6.07, 6.45) is 4.78. The quantitative estimate of drug-likeness (QED) is 0.688. The molecular weight excluding hydrogens is 391 g/mol. The highest BCUT2D eigenvalue weighted by Crippen LogP contribution is 2.31. The van der Waals surface area contributed by atoms with Gasteiger partial charge in [0.25, 0.3) is 0 Å². The molecule has 7 heteroatoms. The molecule has 1 aliphatic carbocycles. The fraction of sp³-hybridized carbons (Fsp3) is 0.458. The SMILES string of the molecule is Cc1ccc([C@@H](c2nnnn2C2CCCC2)[NH+]2CCN(c3ccccc3F)CC2)cc1. The van der Waals surface area contributed by atoms with Crippen molar-refractivity contribution in [3.63, 3.8) is 0 Å². The number of rotatable bonds is 5. The Morgan fingerprint density at radius 1 is 1.00 bits per heavy atom. The summed E-state index contributed by atoms with van der Waals surface area (Å²) in [6, 6.07) is 16.3. The summed E-state index contributed by atoms with van der Waals surface area (Å²) < 4.78 is 16.4. The number of aryl methyl sites for hydroxylation is 1. The largest absolute Gasteiger partial charge is 0.358 e. The molecule has 1 saturated carbocycles. The molecule has 6 nitrogen and oxygen atoms in total. The molecule has 0 amide bonds. The van der Waals surface area contributed by atoms with E-state index in [0.717, 1.165) is 44.8 Å². The van der Waals surface area contributed by atoms with Crippen molar-refractivity contribution >= 4 is 5.69 Å². The number of benzene rings is 2. The minimum Gasteiger partial charge on any atom is -0.358 e. The van der Waals surface area contributed by atoms with Crippen LogP contribution in [0.4, 0.5) is 10.1 Å². The smallest absolute Gasteiger partial charge is 0.214 e. The molecule has 2 heterocycles. The summed E-state index contributed by atoms with van der Waals surface area (Å²) in [7, 11) is 0. The van der Waals surface area contributed by atoms with Crippen molar-refractivity contribution in [2.75, 3.05) is 31.1 Å². The van der Waals surface area contributed by atoms with Gasteiger partial charge in [0.15, 0.2) is 6.04 Å². The number of quaternary nitrogens is 1. The van der Waals surface area contributed by atoms with Gasteiger partial charge in [-0.2, -0.15) is 0 Å². The number of piperazine rings is 1. The van der Waals surface area contributed by atoms with Crippen LogP contribution in [0.1, 0.15) is 54.7 Å². The number of anilines is 1. The van der Waals surface area contributed by atoms with Gasteiger partial charge in [0.05, 0.1) is 37.9 Å². The van der Waals surface area contributed by atoms with Crippen molar-refractivity contribution in [2.24, 2.45) is 0 Å². The summed E-state index contributed by atoms with van der Waals surface area (Å²) in [5.74, 6) is 0.816. The average molecular weight is 422 g/mol. The lowest BCUT2D eigenvalue weighted by Crippen LogP contribution is -3.15. The maximum Gasteiger partial charge on any atom is 0.214 e. The Morgan fingerprint density at radius 2 is 1.71 bits per heavy atom. The molecule has 31 heavy (non-hydrogen) atoms. The number of halogens is 1. The van der Waals surface area contributed by atoms with Crippen molar-refractivity contribution in [3.05, 3.63) is 71.3 Å². The fourth-order valence-corrected chi connectivity index (χ4v) is 5.16. The third kappa shape index (κ3) is 4.06. The van der Waals surface area contributed by atoms with E-state index in [9.17, 15) is 4.39 Å². The zero-order valence-electron chi connectivity index (χ0n) is 18.0. The molecule has 0 spiro atoms. The van der Waals surface area contributed by atoms with Gasteiger partial charge in [-0.1, -0.05) is 54.8 Å². The molecule has 2 aliphatic rings. The monoisotopic (exact) mass is 421 g/mol. The van der Waals surface area contributed by atoms with Crippen LogP contribution in [0.25, 0.3) is 0 Å². The third-order valence-electron chi connectivity index (χ3n) is 6.86. The minimum atomic E-state index is -0.147. The normalized spacial score (nSPS) is 19.1. The zero-order valence-corrected chi connectivity index (χ0v) is 18.0. The van der Waals surface area contributed by atoms with Gasteiger partial charge in [-0.25, -0.2) is 9.07 Å². The minimum absolute atomic E-state index is 0.0824. The van der Waals surface area contributed by atoms with Gasteiger partial charge in [0, 0.05) is 5.56 Å². The lowest BCUT2D eigenvalue weighted by molar-refractivity contribution is -0.927. The van der Waals surface area contributed by atoms with E-state index in [0.29, 0.717) is 11.7 Å². The first kappa shape index (κ1) is 20.1. The Kier molecular flexibility index (Phi) is 5.68. The highest BCUT2D eigenvalue weighted by atomic mass is 19.1. The number of nitrogens with one attached hydrogen (secondary N) is 1. The van der Waals surface area contributed by atoms with Crippen LogP contribution in [-0.4, -0.2) is 46.4 Å². The van der Waals surface area contributed by atoms with Gasteiger partial charge in [0.2, 0.25) is 5.82 Å². The first-order valence-corrected chi connectivity index (χ1v) is 11.4. The van der Waals surface area contributed by atoms with E-state index in [4.69, 9.17) is 0 Å². The number of para-hydroxylation sites is 1. The Labute approximate surface area is 182 Å². The maximum absolute atomic E-state index is 14.3. The van der Waals surface area contributed by atoms with E-state index in [1.165, 1.54) is 28.9 Å². The van der Waals surface area contributed by atoms with Crippen molar-refractivity contribution in [1.29, 1.82) is 0 Å². The van der Waals surface area contributed by atoms with Crippen LogP contribution in [0.2, 0.25) is 0 Å². The Hall–Kier alpha value is -2.80. The number of nitrogens with zero attached hydrogens (tertiary/aromatic N) is 5. The highest BCUT2D eigenvalue weighted by Gasteiger charge is 2.36. The van der Waals surface area contributed by atoms with Gasteiger partial charge in [-0.15, -0.1) is 5.10 Å². The van der Waals surface area contributed by atoms with Crippen LogP contribution < -0.4 is 9.80 Å². The Bertz CT molecular complexity index is 1000. The van der Waals surface area contributed by atoms with Gasteiger partial charge >= 0.3 is 0 Å². The molecule has 0 bridgehead atoms. The van der Waals surface area contributed by atoms with E-state index in [2.05, 4.69) is 56.3 Å². The predicted molar refractivity (Wildman–Crippen MR) is 118 cm³/mol. The molecule has 162 valence electrons. The fourth-order valence-electron chi connectivity index (χ4n) is 5.16. The van der Waals surface area contributed by atoms with E-state index in [1.807, 2.05) is 12.1 Å². The summed E-state index contributed by atoms with van der Waals surface area (Å²) >= 11 is 0. The summed E-state index contributed by atoms with van der Waals surface area (Å²) in [6.45, 7) is 5.55. The van der Waals surface area contributed by atoms with E-state index >= 15 is 0 Å². The second-order valence-electron chi connectivity index (χ2n) is 8.86. The summed E-state index contributed by atoms with van der Waals surface area (Å²) in [5.41, 5.74) is 3.19. The van der Waals surface area contributed by atoms with Gasteiger partial charge in [0.1, 0.15) is 5.82 Å². The van der Waals surface area contributed by atoms with Crippen molar-refractivity contribution in [1.82, 2.24) is 20.2 Å². The van der Waals surface area contributed by atoms with Crippen LogP contribution in [0.15, 0.2) is 48.5 Å². The van der Waals surface area contributed by atoms with E-state index < -0.39 is 0 Å². The van der Waals surface area contributed by atoms with Crippen LogP contribution in [0.3, 0.4) is 0 Å². The van der Waals surface area contributed by atoms with Crippen LogP contribution in [0.5, 0.6) is 0 Å². The Balaban J connectivity index is 1.43. The van der Waals surface area contributed by atoms with E-state index in [-0.39, 0.29) is 11.9 Å². The lowest BCUT2D eigenvalue weighted by Gasteiger charge is -2.37. The molecule has 2 fully saturated rings. The molecule has 1 N–H and O–H groups in total. The molecule has 1 saturated heterocycles. The van der Waals surface area contributed by atoms with Gasteiger partial charge < -0.3 is 9.80 Å². The maximum atomic E-state index is 14.3. The first-order valence-electron chi connectivity index (χ1n) is 11.4. The van der Waals surface area contributed by atoms with Crippen molar-refractivity contribution in [2.45, 2.75) is 44.7 Å². The Morgan fingerprint density at radius 3 is 2.42 bits per heavy atom. The topological polar surface area (TPSA) is 51.3 Å². The third-order valence-corrected chi connectivity index (χ3v) is 6.86. The molecule has 2 aromatic carbocycles. The van der Waals surface area contributed by atoms with Gasteiger partial charge in [-0.05, 0) is 42.3 Å². The number of tetrazole rings is 1. The van der Waals surface area contributed by atoms with Crippen LogP contribution in [-0.2, 0) is 0 Å². The van der Waals surface area contributed by atoms with Crippen molar-refractivity contribution < 1.29 is 9.29 Å². The van der Waals surface area contributed by atoms with Crippen LogP contribution in [0, 0.1) is 12.7 Å².